The van der Waals surface area contributed by atoms with Crippen LogP contribution in [0.25, 0.3) is 6.08 Å². The van der Waals surface area contributed by atoms with Gasteiger partial charge in [0.1, 0.15) is 5.84 Å². The monoisotopic (exact) mass is 276 g/mol. The summed E-state index contributed by atoms with van der Waals surface area (Å²) in [7, 11) is 0. The molecule has 0 aromatic heterocycles. The molecule has 0 aliphatic carbocycles. The minimum Gasteiger partial charge on any atom is -0.387 e. The van der Waals surface area contributed by atoms with Gasteiger partial charge in [0.15, 0.2) is 0 Å². The van der Waals surface area contributed by atoms with E-state index in [1.165, 1.54) is 6.07 Å². The van der Waals surface area contributed by atoms with Gasteiger partial charge in [-0.25, -0.2) is 4.99 Å². The van der Waals surface area contributed by atoms with Gasteiger partial charge in [-0.3, -0.25) is 0 Å². The molecule has 102 valence electrons. The van der Waals surface area contributed by atoms with Crippen molar-refractivity contribution in [3.63, 3.8) is 0 Å². The Bertz CT molecular complexity index is 558. The molecule has 0 spiro atoms. The fourth-order valence-corrected chi connectivity index (χ4v) is 1.65. The van der Waals surface area contributed by atoms with Crippen LogP contribution in [-0.2, 0) is 5.92 Å². The van der Waals surface area contributed by atoms with E-state index in [2.05, 4.69) is 4.99 Å². The van der Waals surface area contributed by atoms with E-state index < -0.39 is 17.7 Å². The van der Waals surface area contributed by atoms with E-state index in [4.69, 9.17) is 5.73 Å². The van der Waals surface area contributed by atoms with Crippen molar-refractivity contribution in [2.24, 2.45) is 10.7 Å². The summed E-state index contributed by atoms with van der Waals surface area (Å²) >= 11 is 0. The molecule has 1 aliphatic rings. The number of alkyl halides is 5. The van der Waals surface area contributed by atoms with E-state index in [0.717, 1.165) is 6.07 Å². The Morgan fingerprint density at radius 3 is 2.42 bits per heavy atom. The van der Waals surface area contributed by atoms with E-state index in [1.807, 2.05) is 0 Å². The average Bonchev–Trinajstić information content (AvgIpc) is 2.46. The third kappa shape index (κ3) is 2.45. The quantitative estimate of drug-likeness (QED) is 0.779. The van der Waals surface area contributed by atoms with Crippen molar-refractivity contribution in [1.82, 2.24) is 0 Å². The minimum absolute atomic E-state index is 0.00711. The van der Waals surface area contributed by atoms with Crippen LogP contribution in [0, 0.1) is 0 Å². The van der Waals surface area contributed by atoms with Crippen LogP contribution < -0.4 is 5.73 Å². The number of nitrogens with zero attached hydrogens (tertiary/aromatic N) is 1. The predicted octanol–water partition coefficient (Wildman–Crippen LogP) is 3.75. The number of nitrogens with two attached hydrogens (primary N) is 1. The molecule has 19 heavy (non-hydrogen) atoms. The molecule has 0 saturated carbocycles. The van der Waals surface area contributed by atoms with E-state index >= 15 is 0 Å². The van der Waals surface area contributed by atoms with Gasteiger partial charge in [0, 0.05) is 12.0 Å². The highest BCUT2D eigenvalue weighted by molar-refractivity contribution is 5.88. The van der Waals surface area contributed by atoms with Crippen molar-refractivity contribution in [2.75, 3.05) is 0 Å². The Morgan fingerprint density at radius 2 is 1.79 bits per heavy atom. The first-order chi connectivity index (χ1) is 8.72. The molecule has 0 saturated heterocycles. The van der Waals surface area contributed by atoms with Crippen molar-refractivity contribution < 1.29 is 22.0 Å². The van der Waals surface area contributed by atoms with Crippen molar-refractivity contribution >= 4 is 17.6 Å². The first-order valence-electron chi connectivity index (χ1n) is 5.30. The molecule has 0 fully saturated rings. The van der Waals surface area contributed by atoms with Crippen LogP contribution in [0.1, 0.15) is 17.5 Å². The molecule has 0 amide bonds. The summed E-state index contributed by atoms with van der Waals surface area (Å²) in [6.45, 7) is 0. The van der Waals surface area contributed by atoms with Gasteiger partial charge in [-0.05, 0) is 11.6 Å². The van der Waals surface area contributed by atoms with Crippen LogP contribution in [0.15, 0.2) is 29.3 Å². The third-order valence-electron chi connectivity index (χ3n) is 2.64. The van der Waals surface area contributed by atoms with E-state index in [9.17, 15) is 22.0 Å². The summed E-state index contributed by atoms with van der Waals surface area (Å²) in [4.78, 5) is 3.83. The highest BCUT2D eigenvalue weighted by Gasteiger charge is 2.58. The standard InChI is InChI=1S/C12H9F5N2/c13-11(14,12(15,16)17)8-5-4-7-2-1-3-10(18)19-9(7)6-8/h1-2,4-6H,3H2,(H2,18,19). The normalized spacial score (nSPS) is 15.7. The highest BCUT2D eigenvalue weighted by atomic mass is 19.4. The smallest absolute Gasteiger partial charge is 0.387 e. The maximum absolute atomic E-state index is 13.2. The van der Waals surface area contributed by atoms with Gasteiger partial charge < -0.3 is 5.73 Å². The Hall–Kier alpha value is -1.92. The van der Waals surface area contributed by atoms with Crippen LogP contribution >= 0.6 is 0 Å². The lowest BCUT2D eigenvalue weighted by Gasteiger charge is -2.20. The topological polar surface area (TPSA) is 38.4 Å². The van der Waals surface area contributed by atoms with Crippen LogP contribution in [0.5, 0.6) is 0 Å². The summed E-state index contributed by atoms with van der Waals surface area (Å²) in [6.07, 6.45) is -2.09. The largest absolute Gasteiger partial charge is 0.458 e. The van der Waals surface area contributed by atoms with Gasteiger partial charge >= 0.3 is 12.1 Å². The van der Waals surface area contributed by atoms with E-state index in [-0.39, 0.29) is 11.5 Å². The molecule has 7 heteroatoms. The molecular formula is C12H9F5N2. The lowest BCUT2D eigenvalue weighted by atomic mass is 10.0. The number of fused-ring (bicyclic) bond motifs is 1. The van der Waals surface area contributed by atoms with Gasteiger partial charge in [-0.2, -0.15) is 22.0 Å². The zero-order valence-corrected chi connectivity index (χ0v) is 9.51. The van der Waals surface area contributed by atoms with Crippen LogP contribution in [0.2, 0.25) is 0 Å². The first kappa shape index (κ1) is 13.5. The minimum atomic E-state index is -5.64. The Kier molecular flexibility index (Phi) is 3.07. The number of amidine groups is 1. The molecule has 1 aliphatic heterocycles. The fourth-order valence-electron chi connectivity index (χ4n) is 1.65. The van der Waals surface area contributed by atoms with Crippen molar-refractivity contribution in [2.45, 2.75) is 18.5 Å². The fraction of sp³-hybridized carbons (Fsp3) is 0.250. The van der Waals surface area contributed by atoms with Crippen LogP contribution in [-0.4, -0.2) is 12.0 Å². The lowest BCUT2D eigenvalue weighted by molar-refractivity contribution is -0.289. The second-order valence-corrected chi connectivity index (χ2v) is 4.06. The Morgan fingerprint density at radius 1 is 1.11 bits per heavy atom. The number of halogens is 5. The molecule has 1 heterocycles. The SMILES string of the molecule is NC1=Nc2cc(C(F)(F)C(F)(F)F)ccc2C=CC1. The van der Waals surface area contributed by atoms with Gasteiger partial charge in [-0.1, -0.05) is 24.3 Å². The lowest BCUT2D eigenvalue weighted by Crippen LogP contribution is -2.33. The molecule has 0 unspecified atom stereocenters. The maximum Gasteiger partial charge on any atom is 0.458 e. The highest BCUT2D eigenvalue weighted by Crippen LogP contribution is 2.45. The number of benzene rings is 1. The summed E-state index contributed by atoms with van der Waals surface area (Å²) in [5.41, 5.74) is 4.79. The molecule has 1 aromatic rings. The van der Waals surface area contributed by atoms with Gasteiger partial charge in [0.25, 0.3) is 0 Å². The number of rotatable bonds is 1. The number of hydrogen-bond acceptors (Lipinski definition) is 2. The summed E-state index contributed by atoms with van der Waals surface area (Å²) in [5, 5.41) is 0. The first-order valence-corrected chi connectivity index (χ1v) is 5.30. The third-order valence-corrected chi connectivity index (χ3v) is 2.64. The zero-order valence-electron chi connectivity index (χ0n) is 9.51. The van der Waals surface area contributed by atoms with Gasteiger partial charge in [0.2, 0.25) is 0 Å². The molecular weight excluding hydrogens is 267 g/mol. The number of aliphatic imine (C=N–C) groups is 1. The predicted molar refractivity (Wildman–Crippen MR) is 61.3 cm³/mol. The number of hydrogen-bond donors (Lipinski definition) is 1. The summed E-state index contributed by atoms with van der Waals surface area (Å²) < 4.78 is 63.3. The molecule has 0 atom stereocenters. The molecule has 2 rings (SSSR count). The van der Waals surface area contributed by atoms with Crippen molar-refractivity contribution in [3.05, 3.63) is 35.4 Å². The second-order valence-electron chi connectivity index (χ2n) is 4.06. The summed E-state index contributed by atoms with van der Waals surface area (Å²) in [5.74, 6) is -4.76. The van der Waals surface area contributed by atoms with E-state index in [1.54, 1.807) is 12.2 Å². The Labute approximate surface area is 105 Å². The van der Waals surface area contributed by atoms with Crippen LogP contribution in [0.3, 0.4) is 0 Å². The molecule has 0 bridgehead atoms. The molecule has 0 radical (unpaired) electrons. The zero-order chi connectivity index (χ0) is 14.3. The average molecular weight is 276 g/mol. The molecule has 2 N–H and O–H groups in total. The van der Waals surface area contributed by atoms with Crippen LogP contribution in [0.4, 0.5) is 27.6 Å². The van der Waals surface area contributed by atoms with Gasteiger partial charge in [-0.15, -0.1) is 0 Å². The van der Waals surface area contributed by atoms with Crippen molar-refractivity contribution in [1.29, 1.82) is 0 Å². The summed E-state index contributed by atoms with van der Waals surface area (Å²) in [6, 6.07) is 2.63. The molecule has 1 aromatic carbocycles. The van der Waals surface area contributed by atoms with Gasteiger partial charge in [0.05, 0.1) is 5.69 Å². The van der Waals surface area contributed by atoms with E-state index in [0.29, 0.717) is 18.1 Å². The second kappa shape index (κ2) is 4.32. The maximum atomic E-state index is 13.2. The van der Waals surface area contributed by atoms with Crippen molar-refractivity contribution in [3.8, 4) is 0 Å². The molecule has 2 nitrogen and oxygen atoms in total. The Balaban J connectivity index is 2.53.